The Kier molecular flexibility index (Phi) is 5.50. The molecule has 4 heterocycles. The van der Waals surface area contributed by atoms with Gasteiger partial charge in [0.1, 0.15) is 5.75 Å². The average molecular weight is 488 g/mol. The van der Waals surface area contributed by atoms with Crippen molar-refractivity contribution in [3.05, 3.63) is 92.9 Å². The summed E-state index contributed by atoms with van der Waals surface area (Å²) in [7, 11) is 1.64. The van der Waals surface area contributed by atoms with Crippen LogP contribution in [0.3, 0.4) is 0 Å². The highest BCUT2D eigenvalue weighted by atomic mass is 35.5. The highest BCUT2D eigenvalue weighted by Gasteiger charge is 2.38. The smallest absolute Gasteiger partial charge is 0.260 e. The number of pyridine rings is 1. The van der Waals surface area contributed by atoms with Gasteiger partial charge in [0.15, 0.2) is 0 Å². The number of carbonyl (C=O) groups is 1. The first-order valence-electron chi connectivity index (χ1n) is 11.9. The van der Waals surface area contributed by atoms with E-state index in [0.717, 1.165) is 54.3 Å². The first kappa shape index (κ1) is 22.1. The van der Waals surface area contributed by atoms with Crippen LogP contribution in [-0.2, 0) is 11.3 Å². The van der Waals surface area contributed by atoms with Crippen molar-refractivity contribution in [2.24, 2.45) is 5.92 Å². The van der Waals surface area contributed by atoms with Crippen LogP contribution in [0.1, 0.15) is 29.2 Å². The number of likely N-dealkylation sites (tertiary alicyclic amines) is 1. The van der Waals surface area contributed by atoms with E-state index in [-0.39, 0.29) is 11.5 Å². The predicted molar refractivity (Wildman–Crippen MR) is 138 cm³/mol. The number of carbonyl (C=O) groups excluding carboxylic acids is 1. The van der Waals surface area contributed by atoms with Gasteiger partial charge in [0.25, 0.3) is 11.5 Å². The molecular weight excluding hydrogens is 462 g/mol. The van der Waals surface area contributed by atoms with Gasteiger partial charge in [-0.1, -0.05) is 35.9 Å². The van der Waals surface area contributed by atoms with Crippen LogP contribution >= 0.6 is 11.6 Å². The number of benzene rings is 2. The highest BCUT2D eigenvalue weighted by molar-refractivity contribution is 6.37. The summed E-state index contributed by atoms with van der Waals surface area (Å²) in [5.74, 6) is 1.44. The van der Waals surface area contributed by atoms with Crippen LogP contribution in [0.2, 0.25) is 5.02 Å². The maximum Gasteiger partial charge on any atom is 0.260 e. The molecule has 6 nitrogen and oxygen atoms in total. The summed E-state index contributed by atoms with van der Waals surface area (Å²) < 4.78 is 7.19. The van der Waals surface area contributed by atoms with E-state index < -0.39 is 0 Å². The number of anilines is 1. The third kappa shape index (κ3) is 3.97. The summed E-state index contributed by atoms with van der Waals surface area (Å²) in [6, 6.07) is 18.9. The lowest BCUT2D eigenvalue weighted by molar-refractivity contribution is -0.113. The van der Waals surface area contributed by atoms with Gasteiger partial charge in [-0.25, -0.2) is 0 Å². The first-order valence-corrected chi connectivity index (χ1v) is 12.3. The van der Waals surface area contributed by atoms with Gasteiger partial charge < -0.3 is 9.30 Å². The molecule has 2 atom stereocenters. The Balaban J connectivity index is 1.30. The molecule has 0 N–H and O–H groups in total. The number of piperidine rings is 1. The molecule has 35 heavy (non-hydrogen) atoms. The molecule has 1 aromatic heterocycles. The van der Waals surface area contributed by atoms with Gasteiger partial charge in [0, 0.05) is 53.5 Å². The molecule has 3 aromatic rings. The minimum Gasteiger partial charge on any atom is -0.497 e. The van der Waals surface area contributed by atoms with Gasteiger partial charge in [-0.15, -0.1) is 0 Å². The maximum absolute atomic E-state index is 13.7. The number of hydrogen-bond donors (Lipinski definition) is 0. The first-order chi connectivity index (χ1) is 17.0. The van der Waals surface area contributed by atoms with Crippen LogP contribution in [0.15, 0.2) is 65.5 Å². The molecule has 6 rings (SSSR count). The van der Waals surface area contributed by atoms with Crippen LogP contribution in [0.5, 0.6) is 5.75 Å². The van der Waals surface area contributed by atoms with E-state index in [1.54, 1.807) is 13.2 Å². The fourth-order valence-corrected chi connectivity index (χ4v) is 5.95. The van der Waals surface area contributed by atoms with E-state index in [4.69, 9.17) is 16.3 Å². The Morgan fingerprint density at radius 3 is 2.66 bits per heavy atom. The number of methoxy groups -OCH3 is 1. The Bertz CT molecular complexity index is 1400. The Morgan fingerprint density at radius 1 is 1.03 bits per heavy atom. The second kappa shape index (κ2) is 8.70. The summed E-state index contributed by atoms with van der Waals surface area (Å²) in [6.45, 7) is 2.91. The van der Waals surface area contributed by atoms with Crippen molar-refractivity contribution in [3.63, 3.8) is 0 Å². The quantitative estimate of drug-likeness (QED) is 0.509. The Morgan fingerprint density at radius 2 is 1.86 bits per heavy atom. The second-order valence-electron chi connectivity index (χ2n) is 9.60. The van der Waals surface area contributed by atoms with Crippen LogP contribution in [0.4, 0.5) is 5.69 Å². The molecule has 1 fully saturated rings. The zero-order valence-corrected chi connectivity index (χ0v) is 20.2. The van der Waals surface area contributed by atoms with Crippen LogP contribution in [-0.4, -0.2) is 42.2 Å². The van der Waals surface area contributed by atoms with Gasteiger partial charge in [0.2, 0.25) is 0 Å². The zero-order chi connectivity index (χ0) is 24.1. The molecule has 2 aromatic carbocycles. The molecule has 178 valence electrons. The number of aromatic nitrogens is 1. The van der Waals surface area contributed by atoms with Gasteiger partial charge in [-0.05, 0) is 54.3 Å². The zero-order valence-electron chi connectivity index (χ0n) is 19.5. The number of halogens is 1. The van der Waals surface area contributed by atoms with E-state index in [2.05, 4.69) is 11.0 Å². The molecule has 0 saturated carbocycles. The fourth-order valence-electron chi connectivity index (χ4n) is 5.78. The number of rotatable bonds is 4. The molecule has 1 saturated heterocycles. The topological polar surface area (TPSA) is 54.8 Å². The summed E-state index contributed by atoms with van der Waals surface area (Å²) in [5.41, 5.74) is 4.52. The van der Waals surface area contributed by atoms with E-state index in [1.807, 2.05) is 64.1 Å². The molecule has 0 spiro atoms. The third-order valence-electron chi connectivity index (χ3n) is 7.34. The van der Waals surface area contributed by atoms with Crippen LogP contribution < -0.4 is 15.2 Å². The average Bonchev–Trinajstić information content (AvgIpc) is 3.10. The minimum absolute atomic E-state index is 0.0227. The lowest BCUT2D eigenvalue weighted by Gasteiger charge is -2.43. The van der Waals surface area contributed by atoms with Crippen molar-refractivity contribution >= 4 is 34.8 Å². The minimum atomic E-state index is -0.0227. The van der Waals surface area contributed by atoms with Crippen molar-refractivity contribution in [1.82, 2.24) is 9.47 Å². The monoisotopic (exact) mass is 487 g/mol. The fraction of sp³-hybridized carbons (Fsp3) is 0.286. The van der Waals surface area contributed by atoms with Crippen molar-refractivity contribution in [2.45, 2.75) is 18.9 Å². The van der Waals surface area contributed by atoms with E-state index in [0.29, 0.717) is 29.1 Å². The lowest BCUT2D eigenvalue weighted by atomic mass is 9.83. The lowest BCUT2D eigenvalue weighted by Crippen LogP contribution is -2.50. The van der Waals surface area contributed by atoms with Gasteiger partial charge >= 0.3 is 0 Å². The Hall–Kier alpha value is -3.35. The van der Waals surface area contributed by atoms with Gasteiger partial charge in [0.05, 0.1) is 19.5 Å². The molecule has 3 aliphatic rings. The largest absolute Gasteiger partial charge is 0.497 e. The molecule has 0 aliphatic carbocycles. The number of hydrogen-bond acceptors (Lipinski definition) is 4. The van der Waals surface area contributed by atoms with Gasteiger partial charge in [-0.3, -0.25) is 19.4 Å². The molecule has 2 bridgehead atoms. The third-order valence-corrected chi connectivity index (χ3v) is 7.58. The van der Waals surface area contributed by atoms with Crippen LogP contribution in [0, 0.1) is 5.92 Å². The number of nitrogens with zero attached hydrogens (tertiary/aromatic N) is 3. The molecule has 1 amide bonds. The SMILES string of the molecule is COc1ccc(/C=C2\C(=O)N(CN3C[C@@H]4C[C@@H](C3)c3cccc(=O)n3C4)c3cc(Cl)ccc32)cc1. The number of amides is 1. The maximum atomic E-state index is 13.7. The van der Waals surface area contributed by atoms with Crippen molar-refractivity contribution in [3.8, 4) is 5.75 Å². The van der Waals surface area contributed by atoms with E-state index >= 15 is 0 Å². The standard InChI is InChI=1S/C28H26ClN3O3/c1-35-22-8-5-18(6-9-22)12-24-23-10-7-21(29)13-26(23)32(28(24)34)17-30-14-19-11-20(16-30)25-3-2-4-27(33)31(25)15-19/h2-10,12-13,19-20H,11,14-17H2,1H3/b24-12-/t19-,20-/m0/s1. The predicted octanol–water partition coefficient (Wildman–Crippen LogP) is 4.47. The van der Waals surface area contributed by atoms with Crippen molar-refractivity contribution in [1.29, 1.82) is 0 Å². The Labute approximate surface area is 209 Å². The summed E-state index contributed by atoms with van der Waals surface area (Å²) in [6.07, 6.45) is 3.01. The van der Waals surface area contributed by atoms with Crippen LogP contribution in [0.25, 0.3) is 11.6 Å². The molecule has 0 radical (unpaired) electrons. The molecule has 0 unspecified atom stereocenters. The van der Waals surface area contributed by atoms with Gasteiger partial charge in [-0.2, -0.15) is 0 Å². The second-order valence-corrected chi connectivity index (χ2v) is 10.0. The highest BCUT2D eigenvalue weighted by Crippen LogP contribution is 2.41. The number of ether oxygens (including phenoxy) is 1. The van der Waals surface area contributed by atoms with Crippen molar-refractivity contribution < 1.29 is 9.53 Å². The summed E-state index contributed by atoms with van der Waals surface area (Å²) in [5, 5.41) is 0.607. The van der Waals surface area contributed by atoms with Crippen molar-refractivity contribution in [2.75, 3.05) is 31.8 Å². The normalized spacial score (nSPS) is 22.3. The summed E-state index contributed by atoms with van der Waals surface area (Å²) >= 11 is 6.35. The summed E-state index contributed by atoms with van der Waals surface area (Å²) in [4.78, 5) is 30.2. The molecule has 3 aliphatic heterocycles. The van der Waals surface area contributed by atoms with E-state index in [9.17, 15) is 9.59 Å². The number of fused-ring (bicyclic) bond motifs is 5. The van der Waals surface area contributed by atoms with E-state index in [1.165, 1.54) is 0 Å². The molecular formula is C28H26ClN3O3. The molecule has 7 heteroatoms.